The van der Waals surface area contributed by atoms with Gasteiger partial charge >= 0.3 is 0 Å². The smallest absolute Gasteiger partial charge is 0.243 e. The van der Waals surface area contributed by atoms with E-state index in [1.165, 1.54) is 43.3 Å². The first-order valence-corrected chi connectivity index (χ1v) is 13.3. The van der Waals surface area contributed by atoms with Crippen LogP contribution in [0.5, 0.6) is 0 Å². The average molecular weight is 528 g/mol. The number of nitrogens with one attached hydrogen (secondary N) is 1. The van der Waals surface area contributed by atoms with E-state index in [4.69, 9.17) is 11.6 Å². The number of benzene rings is 3. The number of nitrogens with zero attached hydrogens (tertiary/aromatic N) is 2. The number of amides is 2. The summed E-state index contributed by atoms with van der Waals surface area (Å²) in [4.78, 5) is 28.1. The Labute approximate surface area is 217 Å². The summed E-state index contributed by atoms with van der Waals surface area (Å²) < 4.78 is 27.2. The van der Waals surface area contributed by atoms with Crippen molar-refractivity contribution in [1.82, 2.24) is 14.5 Å². The maximum Gasteiger partial charge on any atom is 0.243 e. The van der Waals surface area contributed by atoms with E-state index < -0.39 is 28.5 Å². The molecule has 0 aliphatic carbocycles. The van der Waals surface area contributed by atoms with Crippen molar-refractivity contribution >= 4 is 33.4 Å². The molecule has 0 saturated carbocycles. The number of halogens is 1. The molecular formula is C27H30ClN3O4S. The van der Waals surface area contributed by atoms with Gasteiger partial charge in [-0.05, 0) is 42.3 Å². The fourth-order valence-electron chi connectivity index (χ4n) is 3.88. The van der Waals surface area contributed by atoms with Gasteiger partial charge in [-0.25, -0.2) is 8.42 Å². The molecule has 0 unspecified atom stereocenters. The average Bonchev–Trinajstić information content (AvgIpc) is 2.86. The number of carbonyl (C=O) groups is 2. The lowest BCUT2D eigenvalue weighted by Gasteiger charge is -2.32. The minimum Gasteiger partial charge on any atom is -0.357 e. The molecule has 3 aromatic rings. The monoisotopic (exact) mass is 527 g/mol. The van der Waals surface area contributed by atoms with Gasteiger partial charge in [0.2, 0.25) is 21.8 Å². The van der Waals surface area contributed by atoms with Gasteiger partial charge in [-0.3, -0.25) is 9.59 Å². The Morgan fingerprint density at radius 1 is 0.944 bits per heavy atom. The number of likely N-dealkylation sites (N-methyl/N-ethyl adjacent to an activating group) is 2. The summed E-state index contributed by atoms with van der Waals surface area (Å²) in [5, 5.41) is 3.06. The summed E-state index contributed by atoms with van der Waals surface area (Å²) in [6.45, 7) is 1.67. The van der Waals surface area contributed by atoms with Crippen molar-refractivity contribution in [1.29, 1.82) is 0 Å². The Hall–Kier alpha value is -3.20. The first kappa shape index (κ1) is 27.4. The first-order valence-electron chi connectivity index (χ1n) is 11.4. The van der Waals surface area contributed by atoms with E-state index in [-0.39, 0.29) is 23.8 Å². The third-order valence-corrected chi connectivity index (χ3v) is 7.90. The van der Waals surface area contributed by atoms with Crippen LogP contribution in [0.3, 0.4) is 0 Å². The molecule has 1 atom stereocenters. The van der Waals surface area contributed by atoms with Crippen molar-refractivity contribution in [2.24, 2.45) is 0 Å². The van der Waals surface area contributed by atoms with Crippen LogP contribution in [-0.2, 0) is 32.6 Å². The highest BCUT2D eigenvalue weighted by Gasteiger charge is 2.32. The number of aryl methyl sites for hydroxylation is 1. The summed E-state index contributed by atoms with van der Waals surface area (Å²) >= 11 is 5.89. The zero-order valence-electron chi connectivity index (χ0n) is 20.5. The van der Waals surface area contributed by atoms with Gasteiger partial charge in [-0.15, -0.1) is 0 Å². The van der Waals surface area contributed by atoms with Gasteiger partial charge in [0.25, 0.3) is 0 Å². The van der Waals surface area contributed by atoms with Crippen LogP contribution >= 0.6 is 11.6 Å². The van der Waals surface area contributed by atoms with Gasteiger partial charge in [0.15, 0.2) is 0 Å². The second-order valence-corrected chi connectivity index (χ2v) is 11.0. The van der Waals surface area contributed by atoms with Crippen molar-refractivity contribution in [3.63, 3.8) is 0 Å². The van der Waals surface area contributed by atoms with E-state index in [1.807, 2.05) is 61.5 Å². The van der Waals surface area contributed by atoms with Crippen LogP contribution < -0.4 is 5.32 Å². The lowest BCUT2D eigenvalue weighted by molar-refractivity contribution is -0.141. The Balaban J connectivity index is 1.94. The molecule has 0 aromatic heterocycles. The molecule has 9 heteroatoms. The third-order valence-electron chi connectivity index (χ3n) is 5.83. The normalized spacial score (nSPS) is 12.2. The third kappa shape index (κ3) is 6.94. The predicted octanol–water partition coefficient (Wildman–Crippen LogP) is 3.66. The first-order chi connectivity index (χ1) is 17.1. The Bertz CT molecular complexity index is 1300. The topological polar surface area (TPSA) is 86.8 Å². The molecular weight excluding hydrogens is 498 g/mol. The number of hydrogen-bond acceptors (Lipinski definition) is 4. The highest BCUT2D eigenvalue weighted by molar-refractivity contribution is 7.89. The summed E-state index contributed by atoms with van der Waals surface area (Å²) in [6.07, 6.45) is 0.283. The molecule has 3 rings (SSSR count). The van der Waals surface area contributed by atoms with E-state index in [0.29, 0.717) is 5.02 Å². The summed E-state index contributed by atoms with van der Waals surface area (Å²) in [5.74, 6) is -0.816. The molecule has 0 saturated heterocycles. The molecule has 190 valence electrons. The molecule has 1 N–H and O–H groups in total. The predicted molar refractivity (Wildman–Crippen MR) is 141 cm³/mol. The van der Waals surface area contributed by atoms with Crippen LogP contribution in [0.1, 0.15) is 16.7 Å². The van der Waals surface area contributed by atoms with E-state index in [1.54, 1.807) is 0 Å². The molecule has 0 aliphatic rings. The fourth-order valence-corrected chi connectivity index (χ4v) is 5.13. The lowest BCUT2D eigenvalue weighted by atomic mass is 10.0. The summed E-state index contributed by atoms with van der Waals surface area (Å²) in [5.41, 5.74) is 2.74. The SMILES string of the molecule is CNC(=O)[C@H](Cc1ccccc1)N(Cc1cccc(C)c1)C(=O)CN(C)S(=O)(=O)c1ccc(Cl)cc1. The highest BCUT2D eigenvalue weighted by Crippen LogP contribution is 2.20. The molecule has 0 radical (unpaired) electrons. The standard InChI is InChI=1S/C27H30ClN3O4S/c1-20-8-7-11-22(16-20)18-31(25(27(33)29-2)17-21-9-5-4-6-10-21)26(32)19-30(3)36(34,35)24-14-12-23(28)13-15-24/h4-16,25H,17-19H2,1-3H3,(H,29,33)/t25-/m0/s1. The molecule has 0 fully saturated rings. The van der Waals surface area contributed by atoms with Gasteiger partial charge in [0, 0.05) is 32.1 Å². The molecule has 0 spiro atoms. The van der Waals surface area contributed by atoms with Gasteiger partial charge in [0.1, 0.15) is 6.04 Å². The summed E-state index contributed by atoms with van der Waals surface area (Å²) in [6, 6.07) is 22.0. The largest absolute Gasteiger partial charge is 0.357 e. The van der Waals surface area contributed by atoms with Gasteiger partial charge in [0.05, 0.1) is 11.4 Å². The Kier molecular flexibility index (Phi) is 9.25. The zero-order chi connectivity index (χ0) is 26.3. The van der Waals surface area contributed by atoms with Crippen LogP contribution in [0, 0.1) is 6.92 Å². The van der Waals surface area contributed by atoms with Crippen LogP contribution in [0.4, 0.5) is 0 Å². The molecule has 0 heterocycles. The van der Waals surface area contributed by atoms with Crippen molar-refractivity contribution in [2.75, 3.05) is 20.6 Å². The van der Waals surface area contributed by atoms with Crippen molar-refractivity contribution in [2.45, 2.75) is 30.8 Å². The van der Waals surface area contributed by atoms with Crippen LogP contribution in [0.15, 0.2) is 83.8 Å². The zero-order valence-corrected chi connectivity index (χ0v) is 22.1. The van der Waals surface area contributed by atoms with Gasteiger partial charge < -0.3 is 10.2 Å². The Morgan fingerprint density at radius 2 is 1.58 bits per heavy atom. The van der Waals surface area contributed by atoms with Crippen LogP contribution in [0.2, 0.25) is 5.02 Å². The van der Waals surface area contributed by atoms with E-state index >= 15 is 0 Å². The molecule has 2 amide bonds. The van der Waals surface area contributed by atoms with E-state index in [0.717, 1.165) is 21.0 Å². The molecule has 0 aliphatic heterocycles. The van der Waals surface area contributed by atoms with E-state index in [2.05, 4.69) is 5.32 Å². The molecule has 36 heavy (non-hydrogen) atoms. The lowest BCUT2D eigenvalue weighted by Crippen LogP contribution is -2.52. The Morgan fingerprint density at radius 3 is 2.19 bits per heavy atom. The van der Waals surface area contributed by atoms with Gasteiger partial charge in [-0.2, -0.15) is 4.31 Å². The van der Waals surface area contributed by atoms with E-state index in [9.17, 15) is 18.0 Å². The highest BCUT2D eigenvalue weighted by atomic mass is 35.5. The minimum atomic E-state index is -3.95. The van der Waals surface area contributed by atoms with Crippen LogP contribution in [-0.4, -0.2) is 56.1 Å². The van der Waals surface area contributed by atoms with Crippen LogP contribution in [0.25, 0.3) is 0 Å². The number of hydrogen-bond donors (Lipinski definition) is 1. The molecule has 7 nitrogen and oxygen atoms in total. The molecule has 3 aromatic carbocycles. The summed E-state index contributed by atoms with van der Waals surface area (Å²) in [7, 11) is -1.08. The second kappa shape index (κ2) is 12.2. The number of carbonyl (C=O) groups excluding carboxylic acids is 2. The van der Waals surface area contributed by atoms with Crippen molar-refractivity contribution < 1.29 is 18.0 Å². The fraction of sp³-hybridized carbons (Fsp3) is 0.259. The molecule has 0 bridgehead atoms. The van der Waals surface area contributed by atoms with Gasteiger partial charge in [-0.1, -0.05) is 71.8 Å². The minimum absolute atomic E-state index is 0.0274. The van der Waals surface area contributed by atoms with Crippen molar-refractivity contribution in [3.05, 3.63) is 101 Å². The second-order valence-electron chi connectivity index (χ2n) is 8.55. The maximum absolute atomic E-state index is 13.6. The maximum atomic E-state index is 13.6. The van der Waals surface area contributed by atoms with Crippen molar-refractivity contribution in [3.8, 4) is 0 Å². The number of rotatable bonds is 10. The number of sulfonamides is 1. The quantitative estimate of drug-likeness (QED) is 0.436.